The van der Waals surface area contributed by atoms with Crippen LogP contribution < -0.4 is 14.8 Å². The third-order valence-electron chi connectivity index (χ3n) is 3.83. The number of hydrogen-bond donors (Lipinski definition) is 2. The Kier molecular flexibility index (Phi) is 5.39. The van der Waals surface area contributed by atoms with Crippen LogP contribution in [0.2, 0.25) is 5.02 Å². The van der Waals surface area contributed by atoms with Crippen LogP contribution in [0, 0.1) is 0 Å². The van der Waals surface area contributed by atoms with Crippen molar-refractivity contribution in [3.8, 4) is 11.5 Å². The number of hydrogen-bond acceptors (Lipinski definition) is 4. The predicted octanol–water partition coefficient (Wildman–Crippen LogP) is 3.32. The van der Waals surface area contributed by atoms with Gasteiger partial charge in [-0.2, -0.15) is 0 Å². The minimum absolute atomic E-state index is 0.0909. The van der Waals surface area contributed by atoms with Crippen LogP contribution in [0.1, 0.15) is 23.6 Å². The van der Waals surface area contributed by atoms with E-state index in [0.29, 0.717) is 42.7 Å². The Morgan fingerprint density at radius 1 is 1.13 bits per heavy atom. The zero-order chi connectivity index (χ0) is 16.1. The summed E-state index contributed by atoms with van der Waals surface area (Å²) in [5, 5.41) is 13.3. The van der Waals surface area contributed by atoms with Gasteiger partial charge in [0.15, 0.2) is 11.5 Å². The fourth-order valence-electron chi connectivity index (χ4n) is 2.71. The van der Waals surface area contributed by atoms with Crippen molar-refractivity contribution < 1.29 is 14.6 Å². The van der Waals surface area contributed by atoms with E-state index in [0.717, 1.165) is 11.1 Å². The van der Waals surface area contributed by atoms with Gasteiger partial charge in [0.05, 0.1) is 5.02 Å². The maximum absolute atomic E-state index is 9.30. The van der Waals surface area contributed by atoms with E-state index in [9.17, 15) is 5.11 Å². The molecule has 2 aromatic rings. The molecule has 0 fully saturated rings. The van der Waals surface area contributed by atoms with Crippen LogP contribution in [0.4, 0.5) is 0 Å². The molecule has 2 aromatic carbocycles. The SMILES string of the molecule is OCC[C@@H](NCc1cc(Cl)c2c(c1)OCCO2)c1ccccc1. The molecule has 0 bridgehead atoms. The van der Waals surface area contributed by atoms with Crippen LogP contribution in [0.25, 0.3) is 0 Å². The molecule has 1 atom stereocenters. The molecule has 2 N–H and O–H groups in total. The largest absolute Gasteiger partial charge is 0.486 e. The second-order valence-corrected chi connectivity index (χ2v) is 5.87. The lowest BCUT2D eigenvalue weighted by Crippen LogP contribution is -2.22. The van der Waals surface area contributed by atoms with Gasteiger partial charge in [-0.25, -0.2) is 0 Å². The molecular formula is C18H20ClNO3. The van der Waals surface area contributed by atoms with Gasteiger partial charge in [-0.3, -0.25) is 0 Å². The minimum Gasteiger partial charge on any atom is -0.486 e. The first kappa shape index (κ1) is 16.1. The molecule has 0 spiro atoms. The van der Waals surface area contributed by atoms with Gasteiger partial charge in [-0.15, -0.1) is 0 Å². The highest BCUT2D eigenvalue weighted by Gasteiger charge is 2.17. The van der Waals surface area contributed by atoms with E-state index < -0.39 is 0 Å². The van der Waals surface area contributed by atoms with Crippen molar-refractivity contribution in [1.82, 2.24) is 5.32 Å². The summed E-state index contributed by atoms with van der Waals surface area (Å²) in [4.78, 5) is 0. The number of aliphatic hydroxyl groups excluding tert-OH is 1. The van der Waals surface area contributed by atoms with E-state index in [-0.39, 0.29) is 12.6 Å². The Hall–Kier alpha value is -1.75. The topological polar surface area (TPSA) is 50.7 Å². The van der Waals surface area contributed by atoms with Gasteiger partial charge in [0.1, 0.15) is 13.2 Å². The molecule has 122 valence electrons. The van der Waals surface area contributed by atoms with Crippen LogP contribution >= 0.6 is 11.6 Å². The monoisotopic (exact) mass is 333 g/mol. The molecule has 0 amide bonds. The summed E-state index contributed by atoms with van der Waals surface area (Å²) in [5.41, 5.74) is 2.18. The Morgan fingerprint density at radius 2 is 1.91 bits per heavy atom. The second kappa shape index (κ2) is 7.68. The van der Waals surface area contributed by atoms with E-state index in [4.69, 9.17) is 21.1 Å². The van der Waals surface area contributed by atoms with Crippen molar-refractivity contribution >= 4 is 11.6 Å². The standard InChI is InChI=1S/C18H20ClNO3/c19-15-10-13(11-17-18(15)23-9-8-22-17)12-20-16(6-7-21)14-4-2-1-3-5-14/h1-5,10-11,16,20-21H,6-9,12H2/t16-/m1/s1. The van der Waals surface area contributed by atoms with Gasteiger partial charge >= 0.3 is 0 Å². The molecule has 0 aliphatic carbocycles. The highest BCUT2D eigenvalue weighted by molar-refractivity contribution is 6.32. The molecule has 5 heteroatoms. The number of rotatable bonds is 6. The molecule has 0 unspecified atom stereocenters. The summed E-state index contributed by atoms with van der Waals surface area (Å²) in [7, 11) is 0. The highest BCUT2D eigenvalue weighted by atomic mass is 35.5. The van der Waals surface area contributed by atoms with Crippen LogP contribution in [-0.2, 0) is 6.54 Å². The lowest BCUT2D eigenvalue weighted by atomic mass is 10.0. The van der Waals surface area contributed by atoms with Crippen LogP contribution in [0.5, 0.6) is 11.5 Å². The summed E-state index contributed by atoms with van der Waals surface area (Å²) < 4.78 is 11.1. The van der Waals surface area contributed by atoms with Crippen molar-refractivity contribution in [3.63, 3.8) is 0 Å². The van der Waals surface area contributed by atoms with Crippen LogP contribution in [-0.4, -0.2) is 24.9 Å². The minimum atomic E-state index is 0.0909. The van der Waals surface area contributed by atoms with Crippen molar-refractivity contribution in [2.24, 2.45) is 0 Å². The quantitative estimate of drug-likeness (QED) is 0.851. The van der Waals surface area contributed by atoms with Crippen LogP contribution in [0.15, 0.2) is 42.5 Å². The molecule has 0 radical (unpaired) electrons. The number of benzene rings is 2. The third-order valence-corrected chi connectivity index (χ3v) is 4.11. The maximum Gasteiger partial charge on any atom is 0.179 e. The number of nitrogens with one attached hydrogen (secondary N) is 1. The van der Waals surface area contributed by atoms with Gasteiger partial charge in [-0.1, -0.05) is 41.9 Å². The summed E-state index contributed by atoms with van der Waals surface area (Å²) in [6.07, 6.45) is 0.655. The summed E-state index contributed by atoms with van der Waals surface area (Å²) in [5.74, 6) is 1.32. The normalized spacial score (nSPS) is 14.5. The van der Waals surface area contributed by atoms with E-state index in [1.54, 1.807) is 0 Å². The van der Waals surface area contributed by atoms with E-state index in [1.165, 1.54) is 0 Å². The number of aliphatic hydroxyl groups is 1. The Bertz CT molecular complexity index is 648. The van der Waals surface area contributed by atoms with E-state index in [1.807, 2.05) is 30.3 Å². The number of halogens is 1. The average Bonchev–Trinajstić information content (AvgIpc) is 2.59. The van der Waals surface area contributed by atoms with Gasteiger partial charge in [0, 0.05) is 19.2 Å². The molecule has 0 saturated heterocycles. The molecule has 0 saturated carbocycles. The average molecular weight is 334 g/mol. The smallest absolute Gasteiger partial charge is 0.179 e. The Morgan fingerprint density at radius 3 is 2.70 bits per heavy atom. The second-order valence-electron chi connectivity index (χ2n) is 5.46. The first-order valence-corrected chi connectivity index (χ1v) is 8.13. The van der Waals surface area contributed by atoms with E-state index >= 15 is 0 Å². The van der Waals surface area contributed by atoms with Gasteiger partial charge in [-0.05, 0) is 29.7 Å². The van der Waals surface area contributed by atoms with Gasteiger partial charge < -0.3 is 19.9 Å². The maximum atomic E-state index is 9.30. The van der Waals surface area contributed by atoms with Crippen molar-refractivity contribution in [2.75, 3.05) is 19.8 Å². The zero-order valence-electron chi connectivity index (χ0n) is 12.8. The summed E-state index contributed by atoms with van der Waals surface area (Å²) in [6.45, 7) is 1.83. The molecule has 1 heterocycles. The Balaban J connectivity index is 1.72. The van der Waals surface area contributed by atoms with Crippen molar-refractivity contribution in [2.45, 2.75) is 19.0 Å². The van der Waals surface area contributed by atoms with Gasteiger partial charge in [0.25, 0.3) is 0 Å². The van der Waals surface area contributed by atoms with Gasteiger partial charge in [0.2, 0.25) is 0 Å². The first-order chi connectivity index (χ1) is 11.3. The Labute approximate surface area is 141 Å². The van der Waals surface area contributed by atoms with Crippen molar-refractivity contribution in [1.29, 1.82) is 0 Å². The molecular weight excluding hydrogens is 314 g/mol. The molecule has 4 nitrogen and oxygen atoms in total. The number of fused-ring (bicyclic) bond motifs is 1. The van der Waals surface area contributed by atoms with E-state index in [2.05, 4.69) is 17.4 Å². The summed E-state index contributed by atoms with van der Waals surface area (Å²) >= 11 is 6.27. The fourth-order valence-corrected chi connectivity index (χ4v) is 3.00. The lowest BCUT2D eigenvalue weighted by molar-refractivity contribution is 0.171. The highest BCUT2D eigenvalue weighted by Crippen LogP contribution is 2.38. The lowest BCUT2D eigenvalue weighted by Gasteiger charge is -2.22. The van der Waals surface area contributed by atoms with Crippen LogP contribution in [0.3, 0.4) is 0 Å². The molecule has 3 rings (SSSR count). The molecule has 1 aliphatic rings. The predicted molar refractivity (Wildman–Crippen MR) is 90.2 cm³/mol. The fraction of sp³-hybridized carbons (Fsp3) is 0.333. The first-order valence-electron chi connectivity index (χ1n) is 7.75. The number of ether oxygens (including phenoxy) is 2. The molecule has 23 heavy (non-hydrogen) atoms. The molecule has 0 aromatic heterocycles. The summed E-state index contributed by atoms with van der Waals surface area (Å²) in [6, 6.07) is 14.0. The zero-order valence-corrected chi connectivity index (χ0v) is 13.6. The molecule has 1 aliphatic heterocycles. The van der Waals surface area contributed by atoms with Crippen molar-refractivity contribution in [3.05, 3.63) is 58.6 Å². The third kappa shape index (κ3) is 3.96.